The summed E-state index contributed by atoms with van der Waals surface area (Å²) in [5.41, 5.74) is 0.0343. The monoisotopic (exact) mass is 343 g/mol. The van der Waals surface area contributed by atoms with Crippen molar-refractivity contribution in [3.63, 3.8) is 0 Å². The second-order valence-electron chi connectivity index (χ2n) is 4.33. The van der Waals surface area contributed by atoms with E-state index in [1.54, 1.807) is 0 Å². The van der Waals surface area contributed by atoms with Gasteiger partial charge in [0.05, 0.1) is 13.2 Å². The third-order valence-corrected chi connectivity index (χ3v) is 1.55. The molecule has 0 aromatic rings. The number of nitrogens with zero attached hydrogens (tertiary/aromatic N) is 1. The number of halogens is 1. The molecule has 2 N–H and O–H groups in total. The predicted molar refractivity (Wildman–Crippen MR) is 80.8 cm³/mol. The van der Waals surface area contributed by atoms with Gasteiger partial charge in [-0.2, -0.15) is 0 Å². The molecule has 0 aliphatic heterocycles. The summed E-state index contributed by atoms with van der Waals surface area (Å²) in [5, 5.41) is 6.52. The summed E-state index contributed by atoms with van der Waals surface area (Å²) >= 11 is 0. The third kappa shape index (κ3) is 12.0. The summed E-state index contributed by atoms with van der Waals surface area (Å²) in [6.07, 6.45) is 0. The van der Waals surface area contributed by atoms with Crippen LogP contribution in [0.4, 0.5) is 0 Å². The van der Waals surface area contributed by atoms with Crippen LogP contribution in [0, 0.1) is 0 Å². The fourth-order valence-electron chi connectivity index (χ4n) is 1.03. The highest BCUT2D eigenvalue weighted by atomic mass is 127. The average molecular weight is 343 g/mol. The van der Waals surface area contributed by atoms with Gasteiger partial charge in [0.25, 0.3) is 0 Å². The molecule has 0 saturated carbocycles. The summed E-state index contributed by atoms with van der Waals surface area (Å²) in [6, 6.07) is 0. The molecule has 0 unspecified atom stereocenters. The van der Waals surface area contributed by atoms with E-state index in [1.165, 1.54) is 0 Å². The average Bonchev–Trinajstić information content (AvgIpc) is 2.10. The van der Waals surface area contributed by atoms with E-state index >= 15 is 0 Å². The molecule has 0 fully saturated rings. The highest BCUT2D eigenvalue weighted by Gasteiger charge is 2.10. The zero-order valence-corrected chi connectivity index (χ0v) is 13.4. The van der Waals surface area contributed by atoms with Gasteiger partial charge in [-0.25, -0.2) is 0 Å². The summed E-state index contributed by atoms with van der Waals surface area (Å²) in [4.78, 5) is 4.41. The lowest BCUT2D eigenvalue weighted by molar-refractivity contribution is 0.155. The first kappa shape index (κ1) is 18.3. The van der Waals surface area contributed by atoms with Gasteiger partial charge >= 0.3 is 0 Å². The Hall–Kier alpha value is -0.0400. The fraction of sp³-hybridized carbons (Fsp3) is 0.909. The van der Waals surface area contributed by atoms with Crippen LogP contribution >= 0.6 is 24.0 Å². The van der Waals surface area contributed by atoms with Gasteiger partial charge < -0.3 is 15.4 Å². The Bertz CT molecular complexity index is 190. The molecule has 16 heavy (non-hydrogen) atoms. The highest BCUT2D eigenvalue weighted by Crippen LogP contribution is 1.97. The Labute approximate surface area is 117 Å². The standard InChI is InChI=1S/C11H25N3O.HI/c1-6-12-10(14-11(3,4)5)13-8-9-15-7-2;/h6-9H2,1-5H3,(H2,12,13,14);1H. The molecule has 0 heterocycles. The van der Waals surface area contributed by atoms with Crippen LogP contribution in [0.1, 0.15) is 34.6 Å². The first-order chi connectivity index (χ1) is 6.99. The minimum atomic E-state index is 0. The van der Waals surface area contributed by atoms with E-state index < -0.39 is 0 Å². The van der Waals surface area contributed by atoms with E-state index in [0.29, 0.717) is 13.2 Å². The molecule has 0 radical (unpaired) electrons. The predicted octanol–water partition coefficient (Wildman–Crippen LogP) is 1.99. The summed E-state index contributed by atoms with van der Waals surface area (Å²) in [5.74, 6) is 0.852. The lowest BCUT2D eigenvalue weighted by Gasteiger charge is -2.23. The molecule has 0 aromatic carbocycles. The van der Waals surface area contributed by atoms with Gasteiger partial charge in [-0.05, 0) is 34.6 Å². The van der Waals surface area contributed by atoms with Crippen LogP contribution in [0.15, 0.2) is 4.99 Å². The molecule has 0 aliphatic carbocycles. The van der Waals surface area contributed by atoms with Crippen LogP contribution < -0.4 is 10.6 Å². The molecule has 0 aliphatic rings. The van der Waals surface area contributed by atoms with Crippen molar-refractivity contribution in [2.75, 3.05) is 26.3 Å². The first-order valence-corrected chi connectivity index (χ1v) is 5.63. The SMILES string of the molecule is CCNC(=NCCOCC)NC(C)(C)C.I. The molecule has 0 amide bonds. The van der Waals surface area contributed by atoms with Gasteiger partial charge in [-0.15, -0.1) is 24.0 Å². The van der Waals surface area contributed by atoms with Gasteiger partial charge in [0.2, 0.25) is 0 Å². The number of rotatable bonds is 5. The molecule has 0 aromatic heterocycles. The molecule has 0 bridgehead atoms. The molecule has 0 atom stereocenters. The topological polar surface area (TPSA) is 45.7 Å². The van der Waals surface area contributed by atoms with Crippen molar-refractivity contribution in [3.05, 3.63) is 0 Å². The van der Waals surface area contributed by atoms with Gasteiger partial charge in [0, 0.05) is 18.7 Å². The van der Waals surface area contributed by atoms with Crippen molar-refractivity contribution < 1.29 is 4.74 Å². The number of guanidine groups is 1. The minimum Gasteiger partial charge on any atom is -0.380 e. The van der Waals surface area contributed by atoms with Crippen molar-refractivity contribution in [2.45, 2.75) is 40.2 Å². The molecule has 0 spiro atoms. The Balaban J connectivity index is 0. The molecule has 4 nitrogen and oxygen atoms in total. The van der Waals surface area contributed by atoms with E-state index in [1.807, 2.05) is 6.92 Å². The number of nitrogens with one attached hydrogen (secondary N) is 2. The van der Waals surface area contributed by atoms with E-state index in [2.05, 4.69) is 43.3 Å². The smallest absolute Gasteiger partial charge is 0.191 e. The maximum atomic E-state index is 5.23. The van der Waals surface area contributed by atoms with Crippen molar-refractivity contribution in [3.8, 4) is 0 Å². The first-order valence-electron chi connectivity index (χ1n) is 5.63. The molecular weight excluding hydrogens is 317 g/mol. The second kappa shape index (κ2) is 10.1. The molecule has 0 saturated heterocycles. The van der Waals surface area contributed by atoms with Crippen molar-refractivity contribution >= 4 is 29.9 Å². The largest absolute Gasteiger partial charge is 0.380 e. The van der Waals surface area contributed by atoms with Crippen LogP contribution in [0.3, 0.4) is 0 Å². The number of aliphatic imine (C=N–C) groups is 1. The quantitative estimate of drug-likeness (QED) is 0.347. The Morgan fingerprint density at radius 1 is 1.25 bits per heavy atom. The van der Waals surface area contributed by atoms with Crippen LogP contribution in [0.2, 0.25) is 0 Å². The maximum Gasteiger partial charge on any atom is 0.191 e. The van der Waals surface area contributed by atoms with E-state index in [4.69, 9.17) is 4.74 Å². The van der Waals surface area contributed by atoms with Crippen LogP contribution in [-0.2, 0) is 4.74 Å². The zero-order chi connectivity index (χ0) is 11.7. The Morgan fingerprint density at radius 3 is 2.31 bits per heavy atom. The molecule has 0 rings (SSSR count). The summed E-state index contributed by atoms with van der Waals surface area (Å²) < 4.78 is 5.23. The summed E-state index contributed by atoms with van der Waals surface area (Å²) in [7, 11) is 0. The highest BCUT2D eigenvalue weighted by molar-refractivity contribution is 14.0. The maximum absolute atomic E-state index is 5.23. The lowest BCUT2D eigenvalue weighted by Crippen LogP contribution is -2.47. The van der Waals surface area contributed by atoms with E-state index in [0.717, 1.165) is 19.1 Å². The second-order valence-corrected chi connectivity index (χ2v) is 4.33. The molecule has 5 heteroatoms. The number of hydrogen-bond acceptors (Lipinski definition) is 2. The van der Waals surface area contributed by atoms with E-state index in [9.17, 15) is 0 Å². The lowest BCUT2D eigenvalue weighted by atomic mass is 10.1. The summed E-state index contributed by atoms with van der Waals surface area (Å²) in [6.45, 7) is 13.4. The van der Waals surface area contributed by atoms with Crippen LogP contribution in [-0.4, -0.2) is 37.8 Å². The Kier molecular flexibility index (Phi) is 11.6. The van der Waals surface area contributed by atoms with Crippen molar-refractivity contribution in [1.82, 2.24) is 10.6 Å². The Morgan fingerprint density at radius 2 is 1.88 bits per heavy atom. The van der Waals surface area contributed by atoms with Gasteiger partial charge in [-0.3, -0.25) is 4.99 Å². The number of ether oxygens (including phenoxy) is 1. The van der Waals surface area contributed by atoms with Crippen LogP contribution in [0.25, 0.3) is 0 Å². The third-order valence-electron chi connectivity index (χ3n) is 1.55. The van der Waals surface area contributed by atoms with Crippen molar-refractivity contribution in [2.24, 2.45) is 4.99 Å². The van der Waals surface area contributed by atoms with Gasteiger partial charge in [0.1, 0.15) is 0 Å². The van der Waals surface area contributed by atoms with Gasteiger partial charge in [0.15, 0.2) is 5.96 Å². The van der Waals surface area contributed by atoms with E-state index in [-0.39, 0.29) is 29.5 Å². The van der Waals surface area contributed by atoms with Gasteiger partial charge in [-0.1, -0.05) is 0 Å². The fourth-order valence-corrected chi connectivity index (χ4v) is 1.03. The molecule has 98 valence electrons. The van der Waals surface area contributed by atoms with Crippen molar-refractivity contribution in [1.29, 1.82) is 0 Å². The minimum absolute atomic E-state index is 0. The molecular formula is C11H26IN3O. The number of hydrogen-bond donors (Lipinski definition) is 2. The normalized spacial score (nSPS) is 11.9. The van der Waals surface area contributed by atoms with Crippen LogP contribution in [0.5, 0.6) is 0 Å². The zero-order valence-electron chi connectivity index (χ0n) is 11.1.